The van der Waals surface area contributed by atoms with Crippen LogP contribution in [0.25, 0.3) is 22.7 Å². The molecule has 10 heteroatoms. The third kappa shape index (κ3) is 2.65. The van der Waals surface area contributed by atoms with Crippen LogP contribution >= 0.6 is 27.7 Å². The molecule has 4 nitrogen and oxygen atoms in total. The topological polar surface area (TPSA) is 62.5 Å². The third-order valence-corrected chi connectivity index (χ3v) is 4.25. The normalized spacial score (nSPS) is 11.8. The van der Waals surface area contributed by atoms with Crippen molar-refractivity contribution in [2.45, 2.75) is 0 Å². The average Bonchev–Trinajstić information content (AvgIpc) is 3.05. The lowest BCUT2D eigenvalue weighted by Gasteiger charge is -2.05. The zero-order valence-corrected chi connectivity index (χ0v) is 13.7. The van der Waals surface area contributed by atoms with Crippen molar-refractivity contribution in [3.63, 3.8) is 0 Å². The van der Waals surface area contributed by atoms with Gasteiger partial charge in [-0.05, 0) is 28.1 Å². The molecular formula is C14H3BrF4N4S. The number of hydrogen-bond donors (Lipinski definition) is 0. The molecule has 0 spiro atoms. The molecule has 0 saturated heterocycles. The van der Waals surface area contributed by atoms with Crippen molar-refractivity contribution in [1.29, 1.82) is 5.26 Å². The first-order valence-electron chi connectivity index (χ1n) is 6.17. The first kappa shape index (κ1) is 16.5. The van der Waals surface area contributed by atoms with E-state index in [0.29, 0.717) is 21.1 Å². The van der Waals surface area contributed by atoms with Crippen LogP contribution in [0.5, 0.6) is 0 Å². The van der Waals surface area contributed by atoms with Gasteiger partial charge in [-0.1, -0.05) is 6.07 Å². The summed E-state index contributed by atoms with van der Waals surface area (Å²) in [6.07, 6.45) is 1.08. The fraction of sp³-hybridized carbons (Fsp3) is 0. The predicted molar refractivity (Wildman–Crippen MR) is 82.7 cm³/mol. The van der Waals surface area contributed by atoms with Crippen LogP contribution in [-0.4, -0.2) is 13.7 Å². The van der Waals surface area contributed by atoms with E-state index >= 15 is 0 Å². The second-order valence-corrected chi connectivity index (χ2v) is 5.85. The van der Waals surface area contributed by atoms with Crippen molar-refractivity contribution in [2.24, 2.45) is 0 Å². The summed E-state index contributed by atoms with van der Waals surface area (Å²) in [4.78, 5) is 2.46. The van der Waals surface area contributed by atoms with Crippen LogP contribution in [0.3, 0.4) is 0 Å². The highest BCUT2D eigenvalue weighted by Crippen LogP contribution is 2.30. The van der Waals surface area contributed by atoms with E-state index in [9.17, 15) is 22.8 Å². The van der Waals surface area contributed by atoms with Crippen LogP contribution in [0.2, 0.25) is 0 Å². The van der Waals surface area contributed by atoms with E-state index in [1.165, 1.54) is 12.1 Å². The van der Waals surface area contributed by atoms with E-state index in [4.69, 9.17) is 0 Å². The van der Waals surface area contributed by atoms with Crippen molar-refractivity contribution in [3.8, 4) is 6.07 Å². The number of nitrogens with zero attached hydrogens (tertiary/aromatic N) is 4. The molecule has 2 heterocycles. The van der Waals surface area contributed by atoms with Crippen molar-refractivity contribution in [1.82, 2.24) is 13.7 Å². The minimum Gasteiger partial charge on any atom is -0.201 e. The Morgan fingerprint density at radius 1 is 1.08 bits per heavy atom. The maximum atomic E-state index is 13.8. The molecule has 0 saturated carbocycles. The number of hydrogen-bond acceptors (Lipinski definition) is 5. The fourth-order valence-corrected chi connectivity index (χ4v) is 3.12. The summed E-state index contributed by atoms with van der Waals surface area (Å²) in [6, 6.07) is 4.66. The summed E-state index contributed by atoms with van der Waals surface area (Å²) in [5.41, 5.74) is -0.560. The van der Waals surface area contributed by atoms with Gasteiger partial charge in [-0.2, -0.15) is 27.8 Å². The lowest BCUT2D eigenvalue weighted by molar-refractivity contribution is 0.404. The first-order valence-corrected chi connectivity index (χ1v) is 7.69. The Morgan fingerprint density at radius 3 is 2.33 bits per heavy atom. The lowest BCUT2D eigenvalue weighted by atomic mass is 10.0. The molecule has 2 aromatic heterocycles. The van der Waals surface area contributed by atoms with Crippen molar-refractivity contribution in [3.05, 3.63) is 51.3 Å². The highest BCUT2D eigenvalue weighted by Gasteiger charge is 2.24. The van der Waals surface area contributed by atoms with Gasteiger partial charge in [0.2, 0.25) is 0 Å². The van der Waals surface area contributed by atoms with Gasteiger partial charge in [0, 0.05) is 10.0 Å². The van der Waals surface area contributed by atoms with Gasteiger partial charge >= 0.3 is 0 Å². The van der Waals surface area contributed by atoms with Crippen molar-refractivity contribution < 1.29 is 17.6 Å². The maximum Gasteiger partial charge on any atom is 0.252 e. The molecule has 0 unspecified atom stereocenters. The van der Waals surface area contributed by atoms with Crippen molar-refractivity contribution >= 4 is 50.3 Å². The molecule has 3 aromatic rings. The Hall–Kier alpha value is -2.38. The number of rotatable bonds is 2. The smallest absolute Gasteiger partial charge is 0.201 e. The highest BCUT2D eigenvalue weighted by molar-refractivity contribution is 9.10. The summed E-state index contributed by atoms with van der Waals surface area (Å²) < 4.78 is 62.9. The Bertz CT molecular complexity index is 1020. The first-order chi connectivity index (χ1) is 11.4. The molecule has 0 aliphatic heterocycles. The molecule has 24 heavy (non-hydrogen) atoms. The van der Waals surface area contributed by atoms with Crippen LogP contribution in [-0.2, 0) is 0 Å². The van der Waals surface area contributed by atoms with E-state index in [-0.39, 0.29) is 0 Å². The van der Waals surface area contributed by atoms with Crippen LogP contribution < -0.4 is 0 Å². The summed E-state index contributed by atoms with van der Waals surface area (Å²) in [6.45, 7) is 0. The molecule has 0 N–H and O–H groups in total. The SMILES string of the molecule is N#CC(=Cc1ccc(Br)c2nsnc12)c1c(F)c(F)nc(F)c1F. The molecule has 0 atom stereocenters. The van der Waals surface area contributed by atoms with Gasteiger partial charge in [-0.15, -0.1) is 0 Å². The average molecular weight is 415 g/mol. The Balaban J connectivity index is 2.27. The van der Waals surface area contributed by atoms with Gasteiger partial charge < -0.3 is 0 Å². The largest absolute Gasteiger partial charge is 0.252 e. The summed E-state index contributed by atoms with van der Waals surface area (Å²) in [5, 5.41) is 9.19. The van der Waals surface area contributed by atoms with E-state index in [1.54, 1.807) is 6.07 Å². The summed E-state index contributed by atoms with van der Waals surface area (Å²) in [5.74, 6) is -7.15. The van der Waals surface area contributed by atoms with E-state index in [2.05, 4.69) is 29.7 Å². The van der Waals surface area contributed by atoms with E-state index in [1.807, 2.05) is 0 Å². The van der Waals surface area contributed by atoms with Gasteiger partial charge in [0.1, 0.15) is 11.0 Å². The quantitative estimate of drug-likeness (QED) is 0.352. The van der Waals surface area contributed by atoms with Gasteiger partial charge in [0.25, 0.3) is 11.9 Å². The maximum absolute atomic E-state index is 13.8. The molecular weight excluding hydrogens is 412 g/mol. The van der Waals surface area contributed by atoms with Crippen molar-refractivity contribution in [2.75, 3.05) is 0 Å². The minimum absolute atomic E-state index is 0.315. The monoisotopic (exact) mass is 414 g/mol. The van der Waals surface area contributed by atoms with Crippen LogP contribution in [0.1, 0.15) is 11.1 Å². The summed E-state index contributed by atoms with van der Waals surface area (Å²) in [7, 11) is 0. The van der Waals surface area contributed by atoms with Gasteiger partial charge in [-0.3, -0.25) is 0 Å². The third-order valence-electron chi connectivity index (χ3n) is 3.08. The second-order valence-electron chi connectivity index (χ2n) is 4.46. The molecule has 0 radical (unpaired) electrons. The molecule has 0 amide bonds. The zero-order valence-electron chi connectivity index (χ0n) is 11.3. The number of aromatic nitrogens is 3. The molecule has 120 valence electrons. The summed E-state index contributed by atoms with van der Waals surface area (Å²) >= 11 is 4.17. The number of pyridine rings is 1. The number of allylic oxidation sites excluding steroid dienone is 1. The lowest BCUT2D eigenvalue weighted by Crippen LogP contribution is -2.05. The Labute approximate surface area is 144 Å². The molecule has 1 aromatic carbocycles. The van der Waals surface area contributed by atoms with Crippen LogP contribution in [0.15, 0.2) is 16.6 Å². The second kappa shape index (κ2) is 6.26. The zero-order chi connectivity index (χ0) is 17.4. The Morgan fingerprint density at radius 2 is 1.71 bits per heavy atom. The minimum atomic E-state index is -1.83. The van der Waals surface area contributed by atoms with Gasteiger partial charge in [0.15, 0.2) is 11.6 Å². The van der Waals surface area contributed by atoms with Gasteiger partial charge in [0.05, 0.1) is 28.9 Å². The number of halogens is 5. The number of nitriles is 1. The van der Waals surface area contributed by atoms with Gasteiger partial charge in [-0.25, -0.2) is 8.78 Å². The molecule has 0 aliphatic rings. The van der Waals surface area contributed by atoms with Crippen LogP contribution in [0, 0.1) is 34.9 Å². The highest BCUT2D eigenvalue weighted by atomic mass is 79.9. The number of fused-ring (bicyclic) bond motifs is 1. The molecule has 0 aliphatic carbocycles. The standard InChI is InChI=1S/C14H3BrF4N4S/c15-7-2-1-5(11-12(7)23-24-22-11)3-6(4-20)8-9(16)13(18)21-14(19)10(8)17/h1-3H. The molecule has 0 fully saturated rings. The van der Waals surface area contributed by atoms with E-state index in [0.717, 1.165) is 17.8 Å². The van der Waals surface area contributed by atoms with E-state index < -0.39 is 34.7 Å². The molecule has 3 rings (SSSR count). The van der Waals surface area contributed by atoms with Crippen LogP contribution in [0.4, 0.5) is 17.6 Å². The predicted octanol–water partition coefficient (Wildman–Crippen LogP) is 4.47. The molecule has 0 bridgehead atoms. The Kier molecular flexibility index (Phi) is 4.29. The number of benzene rings is 1. The fourth-order valence-electron chi connectivity index (χ4n) is 2.01.